The predicted octanol–water partition coefficient (Wildman–Crippen LogP) is 3.70. The van der Waals surface area contributed by atoms with Crippen LogP contribution in [0.15, 0.2) is 85.0 Å². The van der Waals surface area contributed by atoms with Gasteiger partial charge in [-0.25, -0.2) is 12.2 Å². The topological polar surface area (TPSA) is 0 Å². The molecule has 0 aromatic heterocycles. The van der Waals surface area contributed by atoms with Crippen molar-refractivity contribution in [3.8, 4) is 0 Å². The molecule has 3 heteroatoms. The van der Waals surface area contributed by atoms with Gasteiger partial charge in [0.2, 0.25) is 0 Å². The summed E-state index contributed by atoms with van der Waals surface area (Å²) in [6, 6.07) is 24.8. The van der Waals surface area contributed by atoms with Gasteiger partial charge in [0, 0.05) is 0 Å². The number of allylic oxidation sites excluding steroid dienone is 4. The molecule has 4 aromatic rings. The zero-order valence-electron chi connectivity index (χ0n) is 24.0. The van der Waals surface area contributed by atoms with Gasteiger partial charge in [-0.1, -0.05) is 76.9 Å². The second-order valence-electron chi connectivity index (χ2n) is 11.7. The molecule has 0 bridgehead atoms. The Bertz CT molecular complexity index is 1310. The molecule has 0 aliphatic heterocycles. The molecular weight excluding hydrogens is 583 g/mol. The summed E-state index contributed by atoms with van der Waals surface area (Å²) >= 11 is 1.51. The summed E-state index contributed by atoms with van der Waals surface area (Å²) in [5, 5.41) is 5.48. The first-order valence-electron chi connectivity index (χ1n) is 12.8. The molecule has 0 fully saturated rings. The summed E-state index contributed by atoms with van der Waals surface area (Å²) in [5.74, 6) is 0. The van der Waals surface area contributed by atoms with Crippen molar-refractivity contribution in [3.63, 3.8) is 0 Å². The van der Waals surface area contributed by atoms with Crippen molar-refractivity contribution in [1.29, 1.82) is 0 Å². The van der Waals surface area contributed by atoms with E-state index in [1.54, 1.807) is 0 Å². The van der Waals surface area contributed by atoms with Crippen LogP contribution < -0.4 is 24.8 Å². The number of aryl methyl sites for hydroxylation is 1. The first-order valence-corrected chi connectivity index (χ1v) is 14.1. The molecule has 0 N–H and O–H groups in total. The van der Waals surface area contributed by atoms with Gasteiger partial charge in [-0.05, 0) is 10.8 Å². The van der Waals surface area contributed by atoms with Gasteiger partial charge in [-0.2, -0.15) is 6.08 Å². The predicted molar refractivity (Wildman–Crippen MR) is 157 cm³/mol. The van der Waals surface area contributed by atoms with Crippen LogP contribution in [0, 0.1) is 13.0 Å². The van der Waals surface area contributed by atoms with E-state index in [9.17, 15) is 0 Å². The standard InChI is InChI=1S/C21H25.C9H10.C5H5.2ClH.Zr/c1-20(2,3)16-7-9-18-14(12-16)11-15-13-17(21(4,5)6)8-10-19(15)18;1-3-9-6-4-8(2)5-7-9;1-2-4-5-3-1;;;/h7-13H,1-6H3;4-7H,1-2H3;1-3H,4H2;2*1H;/q-1;;-1;;;+2/p-2. The largest absolute Gasteiger partial charge is 1.00 e. The van der Waals surface area contributed by atoms with Crippen LogP contribution in [0.3, 0.4) is 0 Å². The van der Waals surface area contributed by atoms with Crippen LogP contribution in [0.5, 0.6) is 0 Å². The monoisotopic (exact) mass is 620 g/mol. The van der Waals surface area contributed by atoms with Crippen LogP contribution in [0.4, 0.5) is 0 Å². The molecule has 0 amide bonds. The van der Waals surface area contributed by atoms with Crippen molar-refractivity contribution in [2.45, 2.75) is 72.6 Å². The van der Waals surface area contributed by atoms with Crippen LogP contribution >= 0.6 is 0 Å². The number of hydrogen-bond acceptors (Lipinski definition) is 0. The van der Waals surface area contributed by atoms with Gasteiger partial charge in [0.15, 0.2) is 0 Å². The van der Waals surface area contributed by atoms with Crippen LogP contribution in [0.25, 0.3) is 21.5 Å². The Hall–Kier alpha value is -1.66. The van der Waals surface area contributed by atoms with Crippen LogP contribution in [-0.2, 0) is 35.1 Å². The van der Waals surface area contributed by atoms with Crippen molar-refractivity contribution in [2.24, 2.45) is 0 Å². The Labute approximate surface area is 258 Å². The summed E-state index contributed by atoms with van der Waals surface area (Å²) in [4.78, 5) is 0. The van der Waals surface area contributed by atoms with E-state index in [0.29, 0.717) is 0 Å². The third-order valence-electron chi connectivity index (χ3n) is 6.51. The van der Waals surface area contributed by atoms with Crippen molar-refractivity contribution >= 4 is 24.8 Å². The zero-order valence-corrected chi connectivity index (χ0v) is 28.0. The van der Waals surface area contributed by atoms with Gasteiger partial charge in [-0.3, -0.25) is 6.08 Å². The molecule has 38 heavy (non-hydrogen) atoms. The summed E-state index contributed by atoms with van der Waals surface area (Å²) in [5.41, 5.74) is 5.93. The van der Waals surface area contributed by atoms with E-state index in [2.05, 4.69) is 134 Å². The average Bonchev–Trinajstić information content (AvgIpc) is 3.49. The molecule has 0 spiro atoms. The molecular formula is C35H40Cl2Zr-2. The van der Waals surface area contributed by atoms with Crippen molar-refractivity contribution < 1.29 is 49.0 Å². The van der Waals surface area contributed by atoms with E-state index in [4.69, 9.17) is 0 Å². The van der Waals surface area contributed by atoms with Crippen molar-refractivity contribution in [2.75, 3.05) is 0 Å². The molecule has 0 radical (unpaired) electrons. The summed E-state index contributed by atoms with van der Waals surface area (Å²) in [7, 11) is 0. The van der Waals surface area contributed by atoms with Crippen LogP contribution in [0.1, 0.15) is 77.1 Å². The fourth-order valence-corrected chi connectivity index (χ4v) is 4.51. The molecule has 0 saturated heterocycles. The second kappa shape index (κ2) is 14.6. The van der Waals surface area contributed by atoms with Crippen LogP contribution in [0.2, 0.25) is 0 Å². The van der Waals surface area contributed by atoms with E-state index in [1.165, 1.54) is 71.2 Å². The minimum Gasteiger partial charge on any atom is -1.00 e. The molecule has 0 unspecified atom stereocenters. The second-order valence-corrected chi connectivity index (χ2v) is 13.6. The maximum absolute atomic E-state index is 2.99. The Balaban J connectivity index is 0.000000354. The van der Waals surface area contributed by atoms with E-state index in [-0.39, 0.29) is 35.6 Å². The summed E-state index contributed by atoms with van der Waals surface area (Å²) < 4.78 is 1.46. The number of fused-ring (bicyclic) bond motifs is 3. The van der Waals surface area contributed by atoms with Crippen molar-refractivity contribution in [3.05, 3.63) is 113 Å². The maximum atomic E-state index is 2.99. The Morgan fingerprint density at radius 1 is 0.763 bits per heavy atom. The van der Waals surface area contributed by atoms with E-state index in [1.807, 2.05) is 12.2 Å². The number of halogens is 2. The first kappa shape index (κ1) is 34.4. The third kappa shape index (κ3) is 9.52. The van der Waals surface area contributed by atoms with E-state index < -0.39 is 0 Å². The smallest absolute Gasteiger partial charge is 0.109 e. The average molecular weight is 623 g/mol. The number of rotatable bonds is 1. The minimum atomic E-state index is 0. The minimum absolute atomic E-state index is 0. The quantitative estimate of drug-likeness (QED) is 0.284. The van der Waals surface area contributed by atoms with Crippen molar-refractivity contribution in [1.82, 2.24) is 0 Å². The fourth-order valence-electron chi connectivity index (χ4n) is 4.10. The van der Waals surface area contributed by atoms with E-state index >= 15 is 0 Å². The molecule has 5 rings (SSSR count). The van der Waals surface area contributed by atoms with Crippen LogP contribution in [-0.4, -0.2) is 3.21 Å². The van der Waals surface area contributed by atoms with E-state index in [0.717, 1.165) is 6.42 Å². The van der Waals surface area contributed by atoms with Gasteiger partial charge in [0.25, 0.3) is 0 Å². The molecule has 4 aromatic carbocycles. The van der Waals surface area contributed by atoms with Gasteiger partial charge < -0.3 is 24.8 Å². The summed E-state index contributed by atoms with van der Waals surface area (Å²) in [6.07, 6.45) is 10.0. The zero-order chi connectivity index (χ0) is 26.5. The molecule has 0 atom stereocenters. The fraction of sp³-hybridized carbons (Fsp3) is 0.314. The van der Waals surface area contributed by atoms with Gasteiger partial charge >= 0.3 is 76.7 Å². The molecule has 1 aliphatic carbocycles. The molecule has 0 heterocycles. The Morgan fingerprint density at radius 2 is 1.24 bits per heavy atom. The SMILES string of the molecule is CC(C)(C)c1ccc2c(c1)[cH-]c1cc(C(C)(C)C)ccc12.C[C](=[Zr+2])c1ccc(C)cc1.[C-]1=CC=CC1.[Cl-].[Cl-]. The molecule has 1 aliphatic rings. The summed E-state index contributed by atoms with van der Waals surface area (Å²) in [6.45, 7) is 17.9. The number of benzene rings is 3. The normalized spacial score (nSPS) is 12.2. The molecule has 0 nitrogen and oxygen atoms in total. The first-order chi connectivity index (χ1) is 16.9. The molecule has 200 valence electrons. The van der Waals surface area contributed by atoms with Gasteiger partial charge in [-0.15, -0.1) is 46.2 Å². The van der Waals surface area contributed by atoms with Gasteiger partial charge in [0.1, 0.15) is 0 Å². The Kier molecular flexibility index (Phi) is 13.3. The Morgan fingerprint density at radius 3 is 1.55 bits per heavy atom. The maximum Gasteiger partial charge on any atom is -0.109 e. The number of hydrogen-bond donors (Lipinski definition) is 0. The molecule has 0 saturated carbocycles. The van der Waals surface area contributed by atoms with Gasteiger partial charge in [0.05, 0.1) is 0 Å². The third-order valence-corrected chi connectivity index (χ3v) is 7.22.